The summed E-state index contributed by atoms with van der Waals surface area (Å²) in [6.45, 7) is 1.99. The lowest BCUT2D eigenvalue weighted by molar-refractivity contribution is 0.944. The minimum atomic E-state index is -0.234. The van der Waals surface area contributed by atoms with Gasteiger partial charge in [-0.05, 0) is 18.1 Å². The van der Waals surface area contributed by atoms with E-state index in [1.807, 2.05) is 13.0 Å². The third-order valence-corrected chi connectivity index (χ3v) is 2.99. The fourth-order valence-corrected chi connectivity index (χ4v) is 2.17. The molecule has 5 nitrogen and oxygen atoms in total. The number of hydrogen-bond acceptors (Lipinski definition) is 5. The molecule has 2 rings (SSSR count). The van der Waals surface area contributed by atoms with Gasteiger partial charge in [0.05, 0.1) is 0 Å². The molecule has 0 aromatic carbocycles. The van der Waals surface area contributed by atoms with Crippen molar-refractivity contribution in [1.29, 1.82) is 0 Å². The molecule has 0 saturated heterocycles. The van der Waals surface area contributed by atoms with Crippen molar-refractivity contribution in [2.24, 2.45) is 0 Å². The SMILES string of the molecule is Cc1cncc(CSc2nc(N)cc(=O)[nH]2)c1. The van der Waals surface area contributed by atoms with Crippen molar-refractivity contribution >= 4 is 17.6 Å². The fraction of sp³-hybridized carbons (Fsp3) is 0.182. The number of nitrogens with two attached hydrogens (primary N) is 1. The molecule has 2 aromatic rings. The van der Waals surface area contributed by atoms with Crippen molar-refractivity contribution in [2.45, 2.75) is 17.8 Å². The highest BCUT2D eigenvalue weighted by Gasteiger charge is 2.01. The van der Waals surface area contributed by atoms with Crippen molar-refractivity contribution in [3.05, 3.63) is 46.0 Å². The predicted molar refractivity (Wildman–Crippen MR) is 67.8 cm³/mol. The van der Waals surface area contributed by atoms with Crippen LogP contribution in [0.15, 0.2) is 34.5 Å². The molecule has 6 heteroatoms. The Labute approximate surface area is 103 Å². The van der Waals surface area contributed by atoms with E-state index in [9.17, 15) is 4.79 Å². The van der Waals surface area contributed by atoms with Crippen LogP contribution in [0.3, 0.4) is 0 Å². The maximum Gasteiger partial charge on any atom is 0.253 e. The standard InChI is InChI=1S/C11H12N4OS/c1-7-2-8(5-13-4-7)6-17-11-14-9(12)3-10(16)15-11/h2-5H,6H2,1H3,(H3,12,14,15,16). The van der Waals surface area contributed by atoms with Gasteiger partial charge < -0.3 is 10.7 Å². The lowest BCUT2D eigenvalue weighted by Gasteiger charge is -2.02. The van der Waals surface area contributed by atoms with Crippen molar-refractivity contribution in [2.75, 3.05) is 5.73 Å². The second-order valence-electron chi connectivity index (χ2n) is 3.63. The third-order valence-electron chi connectivity index (χ3n) is 2.05. The number of aryl methyl sites for hydroxylation is 1. The van der Waals surface area contributed by atoms with Crippen molar-refractivity contribution in [1.82, 2.24) is 15.0 Å². The average Bonchev–Trinajstić information content (AvgIpc) is 2.25. The molecule has 0 amide bonds. The third kappa shape index (κ3) is 3.32. The highest BCUT2D eigenvalue weighted by molar-refractivity contribution is 7.98. The number of nitrogens with zero attached hydrogens (tertiary/aromatic N) is 2. The Bertz CT molecular complexity index is 582. The van der Waals surface area contributed by atoms with Crippen molar-refractivity contribution in [3.8, 4) is 0 Å². The number of rotatable bonds is 3. The zero-order valence-corrected chi connectivity index (χ0v) is 10.1. The summed E-state index contributed by atoms with van der Waals surface area (Å²) in [6.07, 6.45) is 3.60. The van der Waals surface area contributed by atoms with Crippen molar-refractivity contribution < 1.29 is 0 Å². The van der Waals surface area contributed by atoms with Crippen LogP contribution in [0.1, 0.15) is 11.1 Å². The average molecular weight is 248 g/mol. The lowest BCUT2D eigenvalue weighted by Crippen LogP contribution is -2.09. The first-order chi connectivity index (χ1) is 8.13. The summed E-state index contributed by atoms with van der Waals surface area (Å²) in [5.74, 6) is 0.930. The van der Waals surface area contributed by atoms with Crippen LogP contribution in [0.5, 0.6) is 0 Å². The number of pyridine rings is 1. The molecule has 17 heavy (non-hydrogen) atoms. The summed E-state index contributed by atoms with van der Waals surface area (Å²) in [5, 5.41) is 0.525. The zero-order chi connectivity index (χ0) is 12.3. The van der Waals surface area contributed by atoms with E-state index >= 15 is 0 Å². The second-order valence-corrected chi connectivity index (χ2v) is 4.60. The molecule has 2 heterocycles. The van der Waals surface area contributed by atoms with Crippen LogP contribution in [0.2, 0.25) is 0 Å². The van der Waals surface area contributed by atoms with Crippen LogP contribution in [0.25, 0.3) is 0 Å². The van der Waals surface area contributed by atoms with E-state index in [4.69, 9.17) is 5.73 Å². The van der Waals surface area contributed by atoms with Crippen LogP contribution in [0.4, 0.5) is 5.82 Å². The van der Waals surface area contributed by atoms with Crippen LogP contribution in [-0.2, 0) is 5.75 Å². The largest absolute Gasteiger partial charge is 0.383 e. The normalized spacial score (nSPS) is 10.4. The molecule has 0 saturated carbocycles. The number of nitrogens with one attached hydrogen (secondary N) is 1. The first-order valence-electron chi connectivity index (χ1n) is 5.03. The molecule has 88 valence electrons. The molecular weight excluding hydrogens is 236 g/mol. The molecule has 0 aliphatic carbocycles. The van der Waals surface area contributed by atoms with Crippen molar-refractivity contribution in [3.63, 3.8) is 0 Å². The molecule has 0 aliphatic rings. The Hall–Kier alpha value is -1.82. The van der Waals surface area contributed by atoms with Crippen LogP contribution < -0.4 is 11.3 Å². The van der Waals surface area contributed by atoms with E-state index in [1.54, 1.807) is 12.4 Å². The first kappa shape index (κ1) is 11.7. The fourth-order valence-electron chi connectivity index (χ4n) is 1.37. The summed E-state index contributed by atoms with van der Waals surface area (Å²) in [4.78, 5) is 21.9. The predicted octanol–water partition coefficient (Wildman–Crippen LogP) is 1.35. The number of aromatic amines is 1. The number of H-pyrrole nitrogens is 1. The Morgan fingerprint density at radius 2 is 2.24 bits per heavy atom. The molecule has 0 spiro atoms. The molecule has 0 aliphatic heterocycles. The summed E-state index contributed by atoms with van der Waals surface area (Å²) >= 11 is 1.42. The van der Waals surface area contributed by atoms with E-state index < -0.39 is 0 Å². The van der Waals surface area contributed by atoms with Gasteiger partial charge in [0.1, 0.15) is 5.82 Å². The minimum absolute atomic E-state index is 0.234. The number of nitrogen functional groups attached to an aromatic ring is 1. The number of anilines is 1. The van der Waals surface area contributed by atoms with Gasteiger partial charge in [0.15, 0.2) is 5.16 Å². The van der Waals surface area contributed by atoms with Crippen LogP contribution >= 0.6 is 11.8 Å². The summed E-state index contributed by atoms with van der Waals surface area (Å²) in [5.41, 5.74) is 7.45. The molecule has 0 unspecified atom stereocenters. The number of thioether (sulfide) groups is 1. The molecule has 0 bridgehead atoms. The van der Waals surface area contributed by atoms with Gasteiger partial charge in [-0.1, -0.05) is 17.8 Å². The molecule has 0 radical (unpaired) electrons. The zero-order valence-electron chi connectivity index (χ0n) is 9.30. The maximum atomic E-state index is 11.2. The number of aromatic nitrogens is 3. The van der Waals surface area contributed by atoms with Gasteiger partial charge in [-0.25, -0.2) is 4.98 Å². The summed E-state index contributed by atoms with van der Waals surface area (Å²) in [6, 6.07) is 3.31. The Balaban J connectivity index is 2.09. The quantitative estimate of drug-likeness (QED) is 0.632. The summed E-state index contributed by atoms with van der Waals surface area (Å²) < 4.78 is 0. The minimum Gasteiger partial charge on any atom is -0.383 e. The van der Waals surface area contributed by atoms with Crippen LogP contribution in [-0.4, -0.2) is 15.0 Å². The molecule has 2 aromatic heterocycles. The van der Waals surface area contributed by atoms with Gasteiger partial charge in [0.25, 0.3) is 5.56 Å². The second kappa shape index (κ2) is 5.01. The van der Waals surface area contributed by atoms with Gasteiger partial charge in [-0.2, -0.15) is 0 Å². The first-order valence-corrected chi connectivity index (χ1v) is 6.02. The molecule has 0 atom stereocenters. The number of hydrogen-bond donors (Lipinski definition) is 2. The highest BCUT2D eigenvalue weighted by atomic mass is 32.2. The van der Waals surface area contributed by atoms with Gasteiger partial charge in [-0.15, -0.1) is 0 Å². The van der Waals surface area contributed by atoms with E-state index in [2.05, 4.69) is 15.0 Å². The van der Waals surface area contributed by atoms with E-state index in [0.29, 0.717) is 10.9 Å². The van der Waals surface area contributed by atoms with Gasteiger partial charge >= 0.3 is 0 Å². The Morgan fingerprint density at radius 3 is 2.94 bits per heavy atom. The Kier molecular flexibility index (Phi) is 3.43. The van der Waals surface area contributed by atoms with E-state index in [1.165, 1.54) is 17.8 Å². The van der Waals surface area contributed by atoms with Crippen LogP contribution in [0, 0.1) is 6.92 Å². The Morgan fingerprint density at radius 1 is 1.41 bits per heavy atom. The molecule has 0 fully saturated rings. The summed E-state index contributed by atoms with van der Waals surface area (Å²) in [7, 11) is 0. The molecule has 3 N–H and O–H groups in total. The van der Waals surface area contributed by atoms with Gasteiger partial charge in [0.2, 0.25) is 0 Å². The topological polar surface area (TPSA) is 84.7 Å². The van der Waals surface area contributed by atoms with E-state index in [-0.39, 0.29) is 11.4 Å². The smallest absolute Gasteiger partial charge is 0.253 e. The molecular formula is C11H12N4OS. The van der Waals surface area contributed by atoms with Gasteiger partial charge in [0, 0.05) is 24.2 Å². The highest BCUT2D eigenvalue weighted by Crippen LogP contribution is 2.18. The van der Waals surface area contributed by atoms with E-state index in [0.717, 1.165) is 11.1 Å². The van der Waals surface area contributed by atoms with Gasteiger partial charge in [-0.3, -0.25) is 9.78 Å². The monoisotopic (exact) mass is 248 g/mol. The lowest BCUT2D eigenvalue weighted by atomic mass is 10.2. The maximum absolute atomic E-state index is 11.2.